The molecule has 1 rings (SSSR count). The maximum absolute atomic E-state index is 5.47. The molecule has 1 heterocycles. The van der Waals surface area contributed by atoms with Crippen LogP contribution in [0.2, 0.25) is 0 Å². The van der Waals surface area contributed by atoms with E-state index in [1.165, 1.54) is 12.2 Å². The highest BCUT2D eigenvalue weighted by molar-refractivity contribution is 7.98. The van der Waals surface area contributed by atoms with Crippen LogP contribution in [-0.2, 0) is 0 Å². The molecule has 0 fully saturated rings. The van der Waals surface area contributed by atoms with E-state index in [1.807, 2.05) is 11.8 Å². The zero-order valence-electron chi connectivity index (χ0n) is 8.36. The van der Waals surface area contributed by atoms with Crippen molar-refractivity contribution in [1.29, 1.82) is 0 Å². The first-order valence-corrected chi connectivity index (χ1v) is 6.02. The first-order valence-electron chi connectivity index (χ1n) is 4.63. The number of nitrogen functional groups attached to an aromatic ring is 1. The zero-order valence-corrected chi connectivity index (χ0v) is 9.18. The lowest BCUT2D eigenvalue weighted by Gasteiger charge is -2.03. The molecule has 78 valence electrons. The van der Waals surface area contributed by atoms with Crippen LogP contribution in [0.1, 0.15) is 12.8 Å². The molecule has 0 aromatic carbocycles. The molecule has 1 aromatic heterocycles. The zero-order chi connectivity index (χ0) is 10.2. The van der Waals surface area contributed by atoms with Gasteiger partial charge in [-0.05, 0) is 24.9 Å². The molecule has 0 aliphatic carbocycles. The Balaban J connectivity index is 2.15. The van der Waals surface area contributed by atoms with E-state index in [1.54, 1.807) is 12.4 Å². The summed E-state index contributed by atoms with van der Waals surface area (Å²) < 4.78 is 0. The van der Waals surface area contributed by atoms with E-state index in [0.717, 1.165) is 13.0 Å². The highest BCUT2D eigenvalue weighted by Crippen LogP contribution is 2.02. The summed E-state index contributed by atoms with van der Waals surface area (Å²) >= 11 is 1.87. The van der Waals surface area contributed by atoms with E-state index >= 15 is 0 Å². The van der Waals surface area contributed by atoms with Crippen molar-refractivity contribution in [2.75, 3.05) is 29.6 Å². The Labute approximate surface area is 88.7 Å². The summed E-state index contributed by atoms with van der Waals surface area (Å²) in [5.41, 5.74) is 6.06. The highest BCUT2D eigenvalue weighted by Gasteiger charge is 1.93. The third-order valence-corrected chi connectivity index (χ3v) is 2.43. The van der Waals surface area contributed by atoms with Crippen molar-refractivity contribution >= 4 is 23.4 Å². The van der Waals surface area contributed by atoms with Gasteiger partial charge in [0.15, 0.2) is 0 Å². The Morgan fingerprint density at radius 3 is 2.71 bits per heavy atom. The van der Waals surface area contributed by atoms with Crippen molar-refractivity contribution in [3.63, 3.8) is 0 Å². The number of nitrogens with zero attached hydrogens (tertiary/aromatic N) is 2. The summed E-state index contributed by atoms with van der Waals surface area (Å²) in [7, 11) is 0. The molecular weight excluding hydrogens is 196 g/mol. The predicted octanol–water partition coefficient (Wildman–Crippen LogP) is 1.61. The normalized spacial score (nSPS) is 10.1. The number of hydrogen-bond donors (Lipinski definition) is 2. The second-order valence-corrected chi connectivity index (χ2v) is 3.95. The van der Waals surface area contributed by atoms with Crippen LogP contribution in [0.4, 0.5) is 11.6 Å². The maximum Gasteiger partial charge on any atom is 0.222 e. The molecule has 5 heteroatoms. The van der Waals surface area contributed by atoms with Gasteiger partial charge in [0.2, 0.25) is 5.95 Å². The van der Waals surface area contributed by atoms with Crippen molar-refractivity contribution in [1.82, 2.24) is 9.97 Å². The Kier molecular flexibility index (Phi) is 5.14. The molecule has 14 heavy (non-hydrogen) atoms. The van der Waals surface area contributed by atoms with Crippen LogP contribution in [-0.4, -0.2) is 28.5 Å². The van der Waals surface area contributed by atoms with Crippen LogP contribution in [0, 0.1) is 0 Å². The molecule has 0 spiro atoms. The second-order valence-electron chi connectivity index (χ2n) is 2.97. The largest absolute Gasteiger partial charge is 0.396 e. The average Bonchev–Trinajstić information content (AvgIpc) is 2.21. The van der Waals surface area contributed by atoms with Crippen LogP contribution in [0.15, 0.2) is 12.4 Å². The molecule has 0 aliphatic rings. The first-order chi connectivity index (χ1) is 6.83. The fourth-order valence-electron chi connectivity index (χ4n) is 1.00. The van der Waals surface area contributed by atoms with Crippen molar-refractivity contribution in [3.8, 4) is 0 Å². The molecule has 1 aromatic rings. The summed E-state index contributed by atoms with van der Waals surface area (Å²) in [6.45, 7) is 0.921. The maximum atomic E-state index is 5.47. The lowest BCUT2D eigenvalue weighted by atomic mass is 10.3. The monoisotopic (exact) mass is 212 g/mol. The molecule has 3 N–H and O–H groups in total. The van der Waals surface area contributed by atoms with Gasteiger partial charge in [-0.2, -0.15) is 11.8 Å². The lowest BCUT2D eigenvalue weighted by Crippen LogP contribution is -2.05. The number of hydrogen-bond acceptors (Lipinski definition) is 5. The van der Waals surface area contributed by atoms with E-state index < -0.39 is 0 Å². The van der Waals surface area contributed by atoms with Gasteiger partial charge < -0.3 is 11.1 Å². The van der Waals surface area contributed by atoms with E-state index in [2.05, 4.69) is 21.5 Å². The Hall–Kier alpha value is -0.970. The molecule has 0 atom stereocenters. The van der Waals surface area contributed by atoms with Crippen molar-refractivity contribution < 1.29 is 0 Å². The minimum absolute atomic E-state index is 0.595. The number of anilines is 2. The number of nitrogens with one attached hydrogen (secondary N) is 1. The number of rotatable bonds is 6. The lowest BCUT2D eigenvalue weighted by molar-refractivity contribution is 0.835. The number of aromatic nitrogens is 2. The molecule has 0 saturated heterocycles. The Bertz CT molecular complexity index is 249. The molecule has 0 aliphatic heterocycles. The van der Waals surface area contributed by atoms with E-state index in [-0.39, 0.29) is 0 Å². The summed E-state index contributed by atoms with van der Waals surface area (Å²) in [4.78, 5) is 8.09. The Morgan fingerprint density at radius 1 is 1.36 bits per heavy atom. The van der Waals surface area contributed by atoms with E-state index in [0.29, 0.717) is 11.6 Å². The molecule has 0 bridgehead atoms. The average molecular weight is 212 g/mol. The van der Waals surface area contributed by atoms with Crippen LogP contribution >= 0.6 is 11.8 Å². The topological polar surface area (TPSA) is 63.8 Å². The van der Waals surface area contributed by atoms with Crippen LogP contribution < -0.4 is 11.1 Å². The highest BCUT2D eigenvalue weighted by atomic mass is 32.2. The minimum atomic E-state index is 0.595. The van der Waals surface area contributed by atoms with Gasteiger partial charge >= 0.3 is 0 Å². The van der Waals surface area contributed by atoms with Gasteiger partial charge in [0.25, 0.3) is 0 Å². The summed E-state index contributed by atoms with van der Waals surface area (Å²) in [5.74, 6) is 1.87. The van der Waals surface area contributed by atoms with Crippen LogP contribution in [0.25, 0.3) is 0 Å². The summed E-state index contributed by atoms with van der Waals surface area (Å²) in [5, 5.41) is 3.14. The molecule has 0 unspecified atom stereocenters. The van der Waals surface area contributed by atoms with Gasteiger partial charge in [0, 0.05) is 6.54 Å². The third kappa shape index (κ3) is 4.32. The van der Waals surface area contributed by atoms with Crippen LogP contribution in [0.5, 0.6) is 0 Å². The third-order valence-electron chi connectivity index (χ3n) is 1.73. The number of nitrogens with two attached hydrogens (primary N) is 1. The summed E-state index contributed by atoms with van der Waals surface area (Å²) in [6, 6.07) is 0. The van der Waals surface area contributed by atoms with Gasteiger partial charge in [-0.15, -0.1) is 0 Å². The van der Waals surface area contributed by atoms with Gasteiger partial charge in [-0.1, -0.05) is 0 Å². The van der Waals surface area contributed by atoms with Gasteiger partial charge in [-0.25, -0.2) is 9.97 Å². The first kappa shape index (κ1) is 11.1. The second kappa shape index (κ2) is 6.48. The smallest absolute Gasteiger partial charge is 0.222 e. The summed E-state index contributed by atoms with van der Waals surface area (Å²) in [6.07, 6.45) is 7.71. The predicted molar refractivity (Wildman–Crippen MR) is 62.6 cm³/mol. The minimum Gasteiger partial charge on any atom is -0.396 e. The van der Waals surface area contributed by atoms with Gasteiger partial charge in [0.05, 0.1) is 18.1 Å². The molecule has 0 saturated carbocycles. The fourth-order valence-corrected chi connectivity index (χ4v) is 1.49. The van der Waals surface area contributed by atoms with Crippen molar-refractivity contribution in [2.24, 2.45) is 0 Å². The fraction of sp³-hybridized carbons (Fsp3) is 0.556. The quantitative estimate of drug-likeness (QED) is 0.701. The number of unbranched alkanes of at least 4 members (excludes halogenated alkanes) is 1. The standard InChI is InChI=1S/C9H16N4S/c1-14-5-3-2-4-11-9-12-6-8(10)7-13-9/h6-7H,2-5,10H2,1H3,(H,11,12,13). The van der Waals surface area contributed by atoms with E-state index in [4.69, 9.17) is 5.73 Å². The van der Waals surface area contributed by atoms with Crippen molar-refractivity contribution in [2.45, 2.75) is 12.8 Å². The van der Waals surface area contributed by atoms with E-state index in [9.17, 15) is 0 Å². The van der Waals surface area contributed by atoms with Crippen molar-refractivity contribution in [3.05, 3.63) is 12.4 Å². The molecule has 4 nitrogen and oxygen atoms in total. The molecule has 0 amide bonds. The Morgan fingerprint density at radius 2 is 2.07 bits per heavy atom. The molecule has 0 radical (unpaired) electrons. The van der Waals surface area contributed by atoms with Gasteiger partial charge in [0.1, 0.15) is 0 Å². The number of thioether (sulfide) groups is 1. The molecular formula is C9H16N4S. The van der Waals surface area contributed by atoms with Crippen LogP contribution in [0.3, 0.4) is 0 Å². The SMILES string of the molecule is CSCCCCNc1ncc(N)cn1. The van der Waals surface area contributed by atoms with Gasteiger partial charge in [-0.3, -0.25) is 0 Å².